The second-order valence-electron chi connectivity index (χ2n) is 4.16. The Labute approximate surface area is 145 Å². The third kappa shape index (κ3) is 3.83. The number of ether oxygens (including phenoxy) is 1. The fourth-order valence-electron chi connectivity index (χ4n) is 1.71. The van der Waals surface area contributed by atoms with E-state index >= 15 is 0 Å². The zero-order valence-electron chi connectivity index (χ0n) is 11.3. The molecule has 22 heavy (non-hydrogen) atoms. The number of methoxy groups -OCH3 is 1. The lowest BCUT2D eigenvalue weighted by molar-refractivity contribution is 0.0606. The highest BCUT2D eigenvalue weighted by atomic mass is 35.5. The first-order valence-electron chi connectivity index (χ1n) is 6.04. The van der Waals surface area contributed by atoms with Crippen molar-refractivity contribution in [1.82, 2.24) is 4.98 Å². The molecule has 2 aromatic rings. The Kier molecular flexibility index (Phi) is 5.88. The number of hydrogen-bond acceptors (Lipinski definition) is 6. The Morgan fingerprint density at radius 3 is 2.64 bits per heavy atom. The Hall–Kier alpha value is -1.05. The number of thiazole rings is 1. The molecule has 1 atom stereocenters. The molecular weight excluding hydrogens is 371 g/mol. The SMILES string of the molecule is COC(=O)c1sc(NCC(O)c2c(Cl)cccc2Cl)nc1Cl. The molecule has 0 fully saturated rings. The van der Waals surface area contributed by atoms with Crippen LogP contribution in [0.15, 0.2) is 18.2 Å². The smallest absolute Gasteiger partial charge is 0.351 e. The van der Waals surface area contributed by atoms with Gasteiger partial charge < -0.3 is 15.2 Å². The number of aliphatic hydroxyl groups is 1. The van der Waals surface area contributed by atoms with E-state index in [1.54, 1.807) is 18.2 Å². The molecule has 1 aromatic carbocycles. The van der Waals surface area contributed by atoms with Gasteiger partial charge in [0.05, 0.1) is 13.2 Å². The molecule has 0 aliphatic carbocycles. The van der Waals surface area contributed by atoms with E-state index in [1.165, 1.54) is 7.11 Å². The molecule has 0 saturated heterocycles. The second-order valence-corrected chi connectivity index (χ2v) is 6.33. The maximum atomic E-state index is 11.4. The Morgan fingerprint density at radius 1 is 1.41 bits per heavy atom. The van der Waals surface area contributed by atoms with E-state index in [4.69, 9.17) is 34.8 Å². The molecule has 0 radical (unpaired) electrons. The number of nitrogens with zero attached hydrogens (tertiary/aromatic N) is 1. The number of anilines is 1. The first-order valence-corrected chi connectivity index (χ1v) is 7.99. The van der Waals surface area contributed by atoms with Crippen LogP contribution in [0.25, 0.3) is 0 Å². The van der Waals surface area contributed by atoms with Crippen molar-refractivity contribution in [3.63, 3.8) is 0 Å². The summed E-state index contributed by atoms with van der Waals surface area (Å²) in [6, 6.07) is 4.97. The maximum Gasteiger partial charge on any atom is 0.351 e. The lowest BCUT2D eigenvalue weighted by Gasteiger charge is -2.14. The fourth-order valence-corrected chi connectivity index (χ4v) is 3.47. The van der Waals surface area contributed by atoms with Crippen molar-refractivity contribution >= 4 is 57.2 Å². The zero-order valence-corrected chi connectivity index (χ0v) is 14.4. The van der Waals surface area contributed by atoms with E-state index in [9.17, 15) is 9.90 Å². The van der Waals surface area contributed by atoms with Gasteiger partial charge in [-0.15, -0.1) is 0 Å². The molecule has 0 spiro atoms. The molecule has 2 N–H and O–H groups in total. The highest BCUT2D eigenvalue weighted by Gasteiger charge is 2.19. The molecule has 0 amide bonds. The van der Waals surface area contributed by atoms with Crippen molar-refractivity contribution in [1.29, 1.82) is 0 Å². The topological polar surface area (TPSA) is 71.5 Å². The molecule has 1 aromatic heterocycles. The van der Waals surface area contributed by atoms with Gasteiger partial charge in [0.2, 0.25) is 0 Å². The normalized spacial score (nSPS) is 12.0. The number of nitrogens with one attached hydrogen (secondary N) is 1. The first kappa shape index (κ1) is 17.3. The predicted molar refractivity (Wildman–Crippen MR) is 88.4 cm³/mol. The fraction of sp³-hybridized carbons (Fsp3) is 0.231. The molecule has 2 rings (SSSR count). The Bertz CT molecular complexity index is 673. The van der Waals surface area contributed by atoms with Gasteiger partial charge in [-0.1, -0.05) is 52.2 Å². The van der Waals surface area contributed by atoms with Crippen molar-refractivity contribution < 1.29 is 14.6 Å². The first-order chi connectivity index (χ1) is 10.4. The highest BCUT2D eigenvalue weighted by Crippen LogP contribution is 2.32. The molecule has 1 heterocycles. The summed E-state index contributed by atoms with van der Waals surface area (Å²) in [5.41, 5.74) is 0.425. The van der Waals surface area contributed by atoms with Gasteiger partial charge >= 0.3 is 5.97 Å². The van der Waals surface area contributed by atoms with Crippen LogP contribution >= 0.6 is 46.1 Å². The van der Waals surface area contributed by atoms with Gasteiger partial charge in [-0.05, 0) is 12.1 Å². The van der Waals surface area contributed by atoms with Crippen molar-refractivity contribution in [2.24, 2.45) is 0 Å². The minimum Gasteiger partial charge on any atom is -0.465 e. The number of benzene rings is 1. The number of esters is 1. The van der Waals surface area contributed by atoms with Gasteiger partial charge in [-0.2, -0.15) is 0 Å². The van der Waals surface area contributed by atoms with E-state index in [-0.39, 0.29) is 16.6 Å². The van der Waals surface area contributed by atoms with E-state index in [2.05, 4.69) is 15.0 Å². The van der Waals surface area contributed by atoms with Crippen LogP contribution in [0, 0.1) is 0 Å². The number of halogens is 3. The number of aliphatic hydroxyl groups excluding tert-OH is 1. The lowest BCUT2D eigenvalue weighted by atomic mass is 10.1. The van der Waals surface area contributed by atoms with E-state index in [0.717, 1.165) is 11.3 Å². The quantitative estimate of drug-likeness (QED) is 0.765. The van der Waals surface area contributed by atoms with Crippen LogP contribution in [0.3, 0.4) is 0 Å². The minimum absolute atomic E-state index is 0.0459. The van der Waals surface area contributed by atoms with Gasteiger partial charge in [0.25, 0.3) is 0 Å². The molecule has 0 saturated carbocycles. The standard InChI is InChI=1S/C13H11Cl3N2O3S/c1-21-12(20)10-11(16)18-13(22-10)17-5-8(19)9-6(14)3-2-4-7(9)15/h2-4,8,19H,5H2,1H3,(H,17,18). The Morgan fingerprint density at radius 2 is 2.05 bits per heavy atom. The lowest BCUT2D eigenvalue weighted by Crippen LogP contribution is -2.12. The van der Waals surface area contributed by atoms with Crippen LogP contribution in [0.2, 0.25) is 15.2 Å². The summed E-state index contributed by atoms with van der Waals surface area (Å²) < 4.78 is 4.59. The van der Waals surface area contributed by atoms with Crippen LogP contribution in [0.5, 0.6) is 0 Å². The summed E-state index contributed by atoms with van der Waals surface area (Å²) >= 11 is 18.9. The molecule has 0 aliphatic heterocycles. The van der Waals surface area contributed by atoms with Crippen molar-refractivity contribution in [3.8, 4) is 0 Å². The maximum absolute atomic E-state index is 11.4. The molecular formula is C13H11Cl3N2O3S. The second kappa shape index (κ2) is 7.48. The third-order valence-corrected chi connectivity index (χ3v) is 4.77. The molecule has 118 valence electrons. The average molecular weight is 382 g/mol. The number of rotatable bonds is 5. The van der Waals surface area contributed by atoms with Crippen LogP contribution in [0.4, 0.5) is 5.13 Å². The van der Waals surface area contributed by atoms with Crippen LogP contribution in [-0.4, -0.2) is 29.7 Å². The van der Waals surface area contributed by atoms with E-state index in [0.29, 0.717) is 20.7 Å². The van der Waals surface area contributed by atoms with Gasteiger partial charge in [-0.3, -0.25) is 0 Å². The van der Waals surface area contributed by atoms with Gasteiger partial charge in [0.15, 0.2) is 15.2 Å². The van der Waals surface area contributed by atoms with Crippen molar-refractivity contribution in [2.75, 3.05) is 19.0 Å². The molecule has 0 aliphatic rings. The van der Waals surface area contributed by atoms with Gasteiger partial charge in [0, 0.05) is 22.2 Å². The molecule has 0 bridgehead atoms. The average Bonchev–Trinajstić information content (AvgIpc) is 2.85. The summed E-state index contributed by atoms with van der Waals surface area (Å²) in [5.74, 6) is -0.565. The highest BCUT2D eigenvalue weighted by molar-refractivity contribution is 7.18. The summed E-state index contributed by atoms with van der Waals surface area (Å²) in [6.45, 7) is 0.105. The summed E-state index contributed by atoms with van der Waals surface area (Å²) in [4.78, 5) is 15.6. The molecule has 5 nitrogen and oxygen atoms in total. The minimum atomic E-state index is -0.939. The van der Waals surface area contributed by atoms with E-state index in [1.807, 2.05) is 0 Å². The number of carbonyl (C=O) groups is 1. The zero-order chi connectivity index (χ0) is 16.3. The van der Waals surface area contributed by atoms with Crippen LogP contribution < -0.4 is 5.32 Å². The monoisotopic (exact) mass is 380 g/mol. The molecule has 9 heteroatoms. The summed E-state index contributed by atoms with van der Waals surface area (Å²) in [5, 5.41) is 14.2. The van der Waals surface area contributed by atoms with Crippen molar-refractivity contribution in [3.05, 3.63) is 43.8 Å². The van der Waals surface area contributed by atoms with Gasteiger partial charge in [0.1, 0.15) is 0 Å². The third-order valence-electron chi connectivity index (χ3n) is 2.74. The van der Waals surface area contributed by atoms with Crippen LogP contribution in [-0.2, 0) is 4.74 Å². The number of carbonyl (C=O) groups excluding carboxylic acids is 1. The molecule has 1 unspecified atom stereocenters. The summed E-state index contributed by atoms with van der Waals surface area (Å²) in [6.07, 6.45) is -0.939. The van der Waals surface area contributed by atoms with Crippen LogP contribution in [0.1, 0.15) is 21.3 Å². The number of aromatic nitrogens is 1. The van der Waals surface area contributed by atoms with E-state index < -0.39 is 12.1 Å². The largest absolute Gasteiger partial charge is 0.465 e. The van der Waals surface area contributed by atoms with Gasteiger partial charge in [-0.25, -0.2) is 9.78 Å². The summed E-state index contributed by atoms with van der Waals surface area (Å²) in [7, 11) is 1.26. The Balaban J connectivity index is 2.09. The van der Waals surface area contributed by atoms with Crippen molar-refractivity contribution in [2.45, 2.75) is 6.10 Å². The number of hydrogen-bond donors (Lipinski definition) is 2. The predicted octanol–water partition coefficient (Wildman–Crippen LogP) is 4.04.